The largest absolute Gasteiger partial charge is 0.300 e. The van der Waals surface area contributed by atoms with Crippen molar-refractivity contribution in [2.75, 3.05) is 5.32 Å². The number of fused-ring (bicyclic) bond motifs is 1. The summed E-state index contributed by atoms with van der Waals surface area (Å²) in [4.78, 5) is 28.7. The van der Waals surface area contributed by atoms with Gasteiger partial charge in [0, 0.05) is 34.2 Å². The Morgan fingerprint density at radius 2 is 1.75 bits per heavy atom. The number of halogens is 1. The number of carbonyl (C=O) groups is 1. The summed E-state index contributed by atoms with van der Waals surface area (Å²) in [6.07, 6.45) is 3.89. The van der Waals surface area contributed by atoms with Crippen LogP contribution in [0.5, 0.6) is 0 Å². The summed E-state index contributed by atoms with van der Waals surface area (Å²) in [5, 5.41) is 5.73. The van der Waals surface area contributed by atoms with E-state index >= 15 is 0 Å². The Bertz CT molecular complexity index is 1280. The van der Waals surface area contributed by atoms with Gasteiger partial charge in [-0.3, -0.25) is 9.69 Å². The maximum Gasteiger partial charge on any atom is 0.260 e. The first kappa shape index (κ1) is 20.9. The summed E-state index contributed by atoms with van der Waals surface area (Å²) in [5.74, 6) is 0.368. The van der Waals surface area contributed by atoms with Gasteiger partial charge in [-0.15, -0.1) is 11.3 Å². The Balaban J connectivity index is 1.52. The van der Waals surface area contributed by atoms with Gasteiger partial charge in [0.25, 0.3) is 5.91 Å². The molecule has 2 aromatic heterocycles. The van der Waals surface area contributed by atoms with Gasteiger partial charge in [-0.25, -0.2) is 15.0 Å². The van der Waals surface area contributed by atoms with Crippen molar-refractivity contribution in [3.8, 4) is 0 Å². The number of hydrogen-bond acceptors (Lipinski definition) is 7. The molecule has 0 fully saturated rings. The second-order valence-electron chi connectivity index (χ2n) is 7.11. The third-order valence-corrected chi connectivity index (χ3v) is 7.12. The van der Waals surface area contributed by atoms with Crippen molar-refractivity contribution in [1.29, 1.82) is 0 Å². The molecule has 0 bridgehead atoms. The van der Waals surface area contributed by atoms with E-state index in [4.69, 9.17) is 17.2 Å². The molecule has 158 valence electrons. The number of rotatable bonds is 6. The van der Waals surface area contributed by atoms with Gasteiger partial charge >= 0.3 is 0 Å². The maximum atomic E-state index is 13.4. The molecule has 0 saturated heterocycles. The number of nitrogens with zero attached hydrogens (tertiary/aromatic N) is 4. The summed E-state index contributed by atoms with van der Waals surface area (Å²) in [7, 11) is 0. The second kappa shape index (κ2) is 8.85. The number of amides is 1. The van der Waals surface area contributed by atoms with Crippen LogP contribution in [0.25, 0.3) is 0 Å². The third kappa shape index (κ3) is 3.94. The van der Waals surface area contributed by atoms with E-state index in [0.717, 1.165) is 21.3 Å². The zero-order valence-electron chi connectivity index (χ0n) is 16.6. The smallest absolute Gasteiger partial charge is 0.260 e. The van der Waals surface area contributed by atoms with Crippen molar-refractivity contribution < 1.29 is 4.79 Å². The normalized spacial score (nSPS) is 13.8. The van der Waals surface area contributed by atoms with Crippen molar-refractivity contribution in [2.24, 2.45) is 0 Å². The maximum absolute atomic E-state index is 13.4. The van der Waals surface area contributed by atoms with Gasteiger partial charge in [-0.05, 0) is 23.8 Å². The molecule has 1 amide bonds. The Morgan fingerprint density at radius 1 is 1.03 bits per heavy atom. The number of carbonyl (C=O) groups excluding carboxylic acids is 1. The zero-order valence-corrected chi connectivity index (χ0v) is 19.8. The average Bonchev–Trinajstić information content (AvgIpc) is 3.37. The first-order valence-corrected chi connectivity index (χ1v) is 11.9. The highest BCUT2D eigenvalue weighted by molar-refractivity contribution is 9.10. The van der Waals surface area contributed by atoms with Crippen LogP contribution in [0, 0.1) is 0 Å². The van der Waals surface area contributed by atoms with Gasteiger partial charge < -0.3 is 5.32 Å². The topological polar surface area (TPSA) is 71.0 Å². The Hall–Kier alpha value is -3.01. The van der Waals surface area contributed by atoms with E-state index in [9.17, 15) is 4.79 Å². The predicted molar refractivity (Wildman–Crippen MR) is 132 cm³/mol. The van der Waals surface area contributed by atoms with Gasteiger partial charge in [0.2, 0.25) is 5.95 Å². The molecule has 32 heavy (non-hydrogen) atoms. The fraction of sp³-hybridized carbons (Fsp3) is 0.0870. The lowest BCUT2D eigenvalue weighted by Crippen LogP contribution is -2.35. The Morgan fingerprint density at radius 3 is 2.50 bits per heavy atom. The van der Waals surface area contributed by atoms with Crippen LogP contribution >= 0.6 is 39.5 Å². The average molecular weight is 522 g/mol. The molecule has 6 nitrogen and oxygen atoms in total. The lowest BCUT2D eigenvalue weighted by atomic mass is 10.0. The molecule has 5 rings (SSSR count). The number of nitrogens with one attached hydrogen (secondary N) is 1. The molecule has 1 aliphatic heterocycles. The molecule has 9 heteroatoms. The highest BCUT2D eigenvalue weighted by atomic mass is 79.9. The van der Waals surface area contributed by atoms with E-state index in [2.05, 4.69) is 31.2 Å². The molecule has 0 saturated carbocycles. The zero-order chi connectivity index (χ0) is 22.1. The standard InChI is InChI=1S/C23H16BrN5OS2/c24-17-9-4-1-6-14(17)12-19(29-20(30)15-7-2-3-8-16(15)21(29)31)18-13-32-23(27-18)28-22-25-10-5-11-26-22/h1-11,13,19H,12H2,(H,25,26,27,28). The number of hydrogen-bond donors (Lipinski definition) is 1. The fourth-order valence-corrected chi connectivity index (χ4v) is 5.23. The molecule has 1 N–H and O–H groups in total. The van der Waals surface area contributed by atoms with Crippen LogP contribution in [0.2, 0.25) is 0 Å². The quantitative estimate of drug-likeness (QED) is 0.335. The monoisotopic (exact) mass is 521 g/mol. The van der Waals surface area contributed by atoms with E-state index in [0.29, 0.717) is 28.1 Å². The number of thiazole rings is 1. The van der Waals surface area contributed by atoms with Gasteiger partial charge in [0.1, 0.15) is 4.99 Å². The van der Waals surface area contributed by atoms with Crippen LogP contribution < -0.4 is 5.32 Å². The van der Waals surface area contributed by atoms with E-state index in [1.54, 1.807) is 23.4 Å². The minimum atomic E-state index is -0.357. The predicted octanol–water partition coefficient (Wildman–Crippen LogP) is 5.55. The van der Waals surface area contributed by atoms with Crippen LogP contribution in [-0.4, -0.2) is 30.7 Å². The molecule has 3 heterocycles. The van der Waals surface area contributed by atoms with Crippen LogP contribution in [0.1, 0.15) is 33.2 Å². The number of thiocarbonyl (C=S) groups is 1. The molecular weight excluding hydrogens is 506 g/mol. The lowest BCUT2D eigenvalue weighted by Gasteiger charge is -2.27. The van der Waals surface area contributed by atoms with Crippen molar-refractivity contribution >= 4 is 61.5 Å². The van der Waals surface area contributed by atoms with E-state index < -0.39 is 0 Å². The Labute approximate surface area is 202 Å². The van der Waals surface area contributed by atoms with Crippen molar-refractivity contribution in [3.63, 3.8) is 0 Å². The number of benzene rings is 2. The fourth-order valence-electron chi connectivity index (χ4n) is 3.65. The summed E-state index contributed by atoms with van der Waals surface area (Å²) in [6, 6.07) is 16.8. The number of anilines is 2. The highest BCUT2D eigenvalue weighted by Crippen LogP contribution is 2.36. The molecule has 2 aromatic carbocycles. The van der Waals surface area contributed by atoms with E-state index in [1.165, 1.54) is 11.3 Å². The molecule has 1 atom stereocenters. The van der Waals surface area contributed by atoms with Crippen molar-refractivity contribution in [1.82, 2.24) is 19.9 Å². The van der Waals surface area contributed by atoms with Gasteiger partial charge in [0.15, 0.2) is 5.13 Å². The molecule has 0 spiro atoms. The summed E-state index contributed by atoms with van der Waals surface area (Å²) < 4.78 is 0.978. The van der Waals surface area contributed by atoms with Gasteiger partial charge in [-0.2, -0.15) is 0 Å². The third-order valence-electron chi connectivity index (χ3n) is 5.16. The summed E-state index contributed by atoms with van der Waals surface area (Å²) in [6.45, 7) is 0. The van der Waals surface area contributed by atoms with Crippen LogP contribution in [-0.2, 0) is 6.42 Å². The highest BCUT2D eigenvalue weighted by Gasteiger charge is 2.39. The minimum Gasteiger partial charge on any atom is -0.300 e. The molecule has 1 aliphatic rings. The lowest BCUT2D eigenvalue weighted by molar-refractivity contribution is 0.0816. The molecule has 0 radical (unpaired) electrons. The van der Waals surface area contributed by atoms with Gasteiger partial charge in [-0.1, -0.05) is 64.5 Å². The van der Waals surface area contributed by atoms with Crippen LogP contribution in [0.3, 0.4) is 0 Å². The SMILES string of the molecule is O=C1c2ccccc2C(=S)N1C(Cc1ccccc1Br)c1csc(Nc2ncccn2)n1. The molecule has 4 aromatic rings. The van der Waals surface area contributed by atoms with E-state index in [-0.39, 0.29) is 11.9 Å². The van der Waals surface area contributed by atoms with E-state index in [1.807, 2.05) is 53.9 Å². The molecule has 1 unspecified atom stereocenters. The minimum absolute atomic E-state index is 0.100. The molecular formula is C23H16BrN5OS2. The first-order valence-electron chi connectivity index (χ1n) is 9.81. The second-order valence-corrected chi connectivity index (χ2v) is 9.21. The number of aromatic nitrogens is 3. The summed E-state index contributed by atoms with van der Waals surface area (Å²) in [5.41, 5.74) is 3.24. The first-order chi connectivity index (χ1) is 15.6. The van der Waals surface area contributed by atoms with Crippen molar-refractivity contribution in [2.45, 2.75) is 12.5 Å². The van der Waals surface area contributed by atoms with Crippen LogP contribution in [0.15, 0.2) is 76.8 Å². The Kier molecular flexibility index (Phi) is 5.77. The molecule has 0 aliphatic carbocycles. The van der Waals surface area contributed by atoms with Crippen LogP contribution in [0.4, 0.5) is 11.1 Å². The van der Waals surface area contributed by atoms with Crippen molar-refractivity contribution in [3.05, 3.63) is 99.2 Å². The summed E-state index contributed by atoms with van der Waals surface area (Å²) >= 11 is 10.8. The van der Waals surface area contributed by atoms with Gasteiger partial charge in [0.05, 0.1) is 17.3 Å².